The zero-order chi connectivity index (χ0) is 14.8. The molecule has 1 fully saturated rings. The van der Waals surface area contributed by atoms with Gasteiger partial charge in [-0.1, -0.05) is 0 Å². The van der Waals surface area contributed by atoms with Crippen LogP contribution < -0.4 is 11.3 Å². The van der Waals surface area contributed by atoms with Gasteiger partial charge in [-0.05, 0) is 12.8 Å². The fourth-order valence-electron chi connectivity index (χ4n) is 2.37. The Bertz CT molecular complexity index is 687. The van der Waals surface area contributed by atoms with Crippen molar-refractivity contribution in [2.75, 3.05) is 18.7 Å². The summed E-state index contributed by atoms with van der Waals surface area (Å²) in [6, 6.07) is 0. The van der Waals surface area contributed by atoms with E-state index in [1.54, 1.807) is 4.57 Å². The maximum atomic E-state index is 11.7. The first-order chi connectivity index (χ1) is 10.2. The van der Waals surface area contributed by atoms with Crippen molar-refractivity contribution in [3.63, 3.8) is 0 Å². The number of hydrogen-bond acceptors (Lipinski definition) is 7. The number of rotatable bonds is 5. The van der Waals surface area contributed by atoms with Gasteiger partial charge in [0.05, 0.1) is 25.4 Å². The zero-order valence-electron chi connectivity index (χ0n) is 11.2. The van der Waals surface area contributed by atoms with E-state index in [-0.39, 0.29) is 44.5 Å². The third kappa shape index (κ3) is 2.91. The number of ether oxygens (including phenoxy) is 1. The van der Waals surface area contributed by atoms with E-state index in [2.05, 4.69) is 15.0 Å². The van der Waals surface area contributed by atoms with E-state index in [1.165, 1.54) is 6.33 Å². The van der Waals surface area contributed by atoms with Crippen LogP contribution in [-0.2, 0) is 9.26 Å². The number of nitrogen functional groups attached to an aromatic ring is 1. The molecule has 0 bridgehead atoms. The van der Waals surface area contributed by atoms with Gasteiger partial charge >= 0.3 is 0 Å². The lowest BCUT2D eigenvalue weighted by molar-refractivity contribution is -0.0138. The molecule has 21 heavy (non-hydrogen) atoms. The number of fused-ring (bicyclic) bond motifs is 1. The van der Waals surface area contributed by atoms with Gasteiger partial charge in [-0.3, -0.25) is 14.3 Å². The lowest BCUT2D eigenvalue weighted by atomic mass is 10.2. The van der Waals surface area contributed by atoms with Gasteiger partial charge in [-0.15, -0.1) is 0 Å². The summed E-state index contributed by atoms with van der Waals surface area (Å²) in [6.07, 6.45) is 2.89. The number of aromatic nitrogens is 4. The quantitative estimate of drug-likeness (QED) is 0.521. The van der Waals surface area contributed by atoms with Crippen molar-refractivity contribution in [1.82, 2.24) is 19.5 Å². The summed E-state index contributed by atoms with van der Waals surface area (Å²) < 4.78 is 12.9. The Balaban J connectivity index is 1.78. The molecule has 3 atom stereocenters. The SMILES string of the molecule is Nc1nc2c(ncn2C2CC[C@@H](COPCO)O2)c(=O)[nH]1. The van der Waals surface area contributed by atoms with Gasteiger partial charge < -0.3 is 20.1 Å². The second-order valence-electron chi connectivity index (χ2n) is 4.68. The lowest BCUT2D eigenvalue weighted by Crippen LogP contribution is -2.16. The summed E-state index contributed by atoms with van der Waals surface area (Å²) in [7, 11) is 0.0694. The highest BCUT2D eigenvalue weighted by Crippen LogP contribution is 2.30. The summed E-state index contributed by atoms with van der Waals surface area (Å²) >= 11 is 0. The predicted octanol–water partition coefficient (Wildman–Crippen LogP) is -0.0607. The minimum atomic E-state index is -0.363. The molecule has 0 aromatic carbocycles. The number of imidazole rings is 1. The van der Waals surface area contributed by atoms with E-state index in [1.807, 2.05) is 0 Å². The topological polar surface area (TPSA) is 128 Å². The molecule has 1 aliphatic rings. The maximum Gasteiger partial charge on any atom is 0.280 e. The zero-order valence-corrected chi connectivity index (χ0v) is 12.2. The Hall–Kier alpha value is -1.54. The van der Waals surface area contributed by atoms with Crippen molar-refractivity contribution in [1.29, 1.82) is 0 Å². The highest BCUT2D eigenvalue weighted by Gasteiger charge is 2.28. The number of nitrogens with zero attached hydrogens (tertiary/aromatic N) is 3. The van der Waals surface area contributed by atoms with E-state index >= 15 is 0 Å². The summed E-state index contributed by atoms with van der Waals surface area (Å²) in [5, 5.41) is 8.69. The number of nitrogens with one attached hydrogen (secondary N) is 1. The first-order valence-corrected chi connectivity index (χ1v) is 7.64. The van der Waals surface area contributed by atoms with E-state index in [0.717, 1.165) is 12.8 Å². The Kier molecular flexibility index (Phi) is 4.16. The van der Waals surface area contributed by atoms with Crippen LogP contribution in [0.2, 0.25) is 0 Å². The minimum absolute atomic E-state index is 0.0221. The van der Waals surface area contributed by atoms with E-state index < -0.39 is 0 Å². The molecule has 10 heteroatoms. The highest BCUT2D eigenvalue weighted by molar-refractivity contribution is 7.31. The van der Waals surface area contributed by atoms with Crippen LogP contribution in [0.4, 0.5) is 5.95 Å². The number of aliphatic hydroxyl groups excluding tert-OH is 1. The van der Waals surface area contributed by atoms with Crippen molar-refractivity contribution >= 4 is 25.9 Å². The van der Waals surface area contributed by atoms with Crippen LogP contribution in [-0.4, -0.2) is 43.7 Å². The largest absolute Gasteiger partial charge is 0.390 e. The van der Waals surface area contributed by atoms with Crippen LogP contribution in [0.1, 0.15) is 19.1 Å². The number of H-pyrrole nitrogens is 1. The average molecular weight is 313 g/mol. The molecule has 2 aromatic heterocycles. The molecule has 4 N–H and O–H groups in total. The highest BCUT2D eigenvalue weighted by atomic mass is 31.1. The second-order valence-corrected chi connectivity index (χ2v) is 5.57. The van der Waals surface area contributed by atoms with Crippen molar-refractivity contribution < 1.29 is 14.4 Å². The predicted molar refractivity (Wildman–Crippen MR) is 77.1 cm³/mol. The maximum absolute atomic E-state index is 11.7. The molecule has 1 saturated heterocycles. The molecular formula is C11H16N5O4P. The molecule has 1 aliphatic heterocycles. The van der Waals surface area contributed by atoms with Gasteiger partial charge in [-0.25, -0.2) is 4.98 Å². The van der Waals surface area contributed by atoms with Crippen molar-refractivity contribution in [3.8, 4) is 0 Å². The number of hydrogen-bond donors (Lipinski definition) is 3. The van der Waals surface area contributed by atoms with Crippen LogP contribution in [0.25, 0.3) is 11.2 Å². The molecule has 2 aromatic rings. The number of nitrogens with two attached hydrogens (primary N) is 1. The third-order valence-electron chi connectivity index (χ3n) is 3.28. The lowest BCUT2D eigenvalue weighted by Gasteiger charge is -2.15. The van der Waals surface area contributed by atoms with Crippen LogP contribution in [0.15, 0.2) is 11.1 Å². The first-order valence-electron chi connectivity index (χ1n) is 6.52. The summed E-state index contributed by atoms with van der Waals surface area (Å²) in [5.74, 6) is 0.0521. The molecule has 9 nitrogen and oxygen atoms in total. The Morgan fingerprint density at radius 1 is 1.62 bits per heavy atom. The van der Waals surface area contributed by atoms with Gasteiger partial charge in [0.1, 0.15) is 6.23 Å². The van der Waals surface area contributed by atoms with Crippen LogP contribution in [0.5, 0.6) is 0 Å². The normalized spacial score (nSPS) is 22.7. The number of anilines is 1. The van der Waals surface area contributed by atoms with E-state index in [0.29, 0.717) is 12.3 Å². The van der Waals surface area contributed by atoms with Gasteiger partial charge in [0.25, 0.3) is 5.56 Å². The molecule has 0 saturated carbocycles. The summed E-state index contributed by atoms with van der Waals surface area (Å²) in [5.41, 5.74) is 5.87. The summed E-state index contributed by atoms with van der Waals surface area (Å²) in [4.78, 5) is 22.3. The minimum Gasteiger partial charge on any atom is -0.390 e. The number of aromatic amines is 1. The monoisotopic (exact) mass is 313 g/mol. The van der Waals surface area contributed by atoms with Crippen LogP contribution >= 0.6 is 8.81 Å². The molecule has 3 heterocycles. The van der Waals surface area contributed by atoms with Gasteiger partial charge in [0.2, 0.25) is 5.95 Å². The van der Waals surface area contributed by atoms with Crippen molar-refractivity contribution in [2.45, 2.75) is 25.2 Å². The Morgan fingerprint density at radius 2 is 2.48 bits per heavy atom. The van der Waals surface area contributed by atoms with Gasteiger partial charge in [0.15, 0.2) is 11.2 Å². The molecule has 0 amide bonds. The molecule has 2 unspecified atom stereocenters. The van der Waals surface area contributed by atoms with Gasteiger partial charge in [0, 0.05) is 8.81 Å². The Morgan fingerprint density at radius 3 is 3.29 bits per heavy atom. The molecule has 0 aliphatic carbocycles. The standard InChI is InChI=1S/C11H16N5O4P/c12-11-14-9-8(10(18)15-11)13-4-16(9)7-2-1-6(20-7)3-19-21-5-17/h4,6-7,17,21H,1-3,5H2,(H3,12,14,15,18)/t6-,7?/m0/s1. The van der Waals surface area contributed by atoms with Crippen molar-refractivity contribution in [2.24, 2.45) is 0 Å². The average Bonchev–Trinajstić information content (AvgIpc) is 3.05. The fraction of sp³-hybridized carbons (Fsp3) is 0.545. The molecule has 114 valence electrons. The molecule has 0 spiro atoms. The Labute approximate surface area is 121 Å². The third-order valence-corrected chi connectivity index (χ3v) is 3.78. The second kappa shape index (κ2) is 6.07. The molecule has 0 radical (unpaired) electrons. The van der Waals surface area contributed by atoms with Crippen LogP contribution in [0, 0.1) is 0 Å². The number of aliphatic hydroxyl groups is 1. The molecular weight excluding hydrogens is 297 g/mol. The van der Waals surface area contributed by atoms with E-state index in [9.17, 15) is 4.79 Å². The summed E-state index contributed by atoms with van der Waals surface area (Å²) in [6.45, 7) is 0.443. The first kappa shape index (κ1) is 14.4. The fourth-order valence-corrected chi connectivity index (χ4v) is 2.76. The smallest absolute Gasteiger partial charge is 0.280 e. The van der Waals surface area contributed by atoms with E-state index in [4.69, 9.17) is 20.1 Å². The molecule has 3 rings (SSSR count). The van der Waals surface area contributed by atoms with Crippen molar-refractivity contribution in [3.05, 3.63) is 16.7 Å². The van der Waals surface area contributed by atoms with Crippen LogP contribution in [0.3, 0.4) is 0 Å². The van der Waals surface area contributed by atoms with Gasteiger partial charge in [-0.2, -0.15) is 4.98 Å².